The third-order valence-electron chi connectivity index (χ3n) is 12.4. The average Bonchev–Trinajstić information content (AvgIpc) is 3.39. The maximum absolute atomic E-state index is 12.9. The maximum Gasteiger partial charge on any atom is 0.306 e. The Kier molecular flexibility index (Phi) is 56.9. The summed E-state index contributed by atoms with van der Waals surface area (Å²) in [5.74, 6) is -0.974. The molecule has 0 N–H and O–H groups in total. The molecule has 73 heavy (non-hydrogen) atoms. The number of carbonyl (C=O) groups is 3. The van der Waals surface area contributed by atoms with Gasteiger partial charge in [-0.3, -0.25) is 14.4 Å². The van der Waals surface area contributed by atoms with Crippen LogP contribution >= 0.6 is 0 Å². The first-order chi connectivity index (χ1) is 36.0. The van der Waals surface area contributed by atoms with Gasteiger partial charge in [0, 0.05) is 19.3 Å². The standard InChI is InChI=1S/C67H110O6/c1-4-7-10-13-16-19-22-25-28-31-33-36-39-42-45-48-51-54-57-60-66(69)72-63-64(62-71-65(68)59-56-53-50-47-44-41-38-35-30-27-24-21-18-15-12-9-6-3)73-67(70)61-58-55-52-49-46-43-40-37-34-32-29-26-23-20-17-14-11-8-5-2/h7,10,16-17,19-20,25-30,33-34,36-37,42-43,45-46,64H,4-6,8-9,11-15,18,21-24,31-32,35,38-41,44,47-63H2,1-3H3/b10-7-,19-16-,20-17-,28-25-,29-26-,30-27-,36-33-,37-34-,45-42-,46-43-/t64-/m1/s1. The van der Waals surface area contributed by atoms with Gasteiger partial charge in [0.25, 0.3) is 0 Å². The second kappa shape index (κ2) is 60.4. The van der Waals surface area contributed by atoms with E-state index in [2.05, 4.69) is 142 Å². The molecular weight excluding hydrogens is 901 g/mol. The van der Waals surface area contributed by atoms with E-state index in [0.29, 0.717) is 12.8 Å². The summed E-state index contributed by atoms with van der Waals surface area (Å²) in [6.07, 6.45) is 83.3. The van der Waals surface area contributed by atoms with Gasteiger partial charge in [0.15, 0.2) is 6.10 Å². The first-order valence-electron chi connectivity index (χ1n) is 30.0. The molecule has 0 heterocycles. The van der Waals surface area contributed by atoms with Gasteiger partial charge in [-0.25, -0.2) is 0 Å². The van der Waals surface area contributed by atoms with Crippen LogP contribution in [0, 0.1) is 0 Å². The van der Waals surface area contributed by atoms with Crippen molar-refractivity contribution in [1.29, 1.82) is 0 Å². The fraction of sp³-hybridized carbons (Fsp3) is 0.657. The summed E-state index contributed by atoms with van der Waals surface area (Å²) < 4.78 is 16.8. The lowest BCUT2D eigenvalue weighted by atomic mass is 10.1. The van der Waals surface area contributed by atoms with Crippen LogP contribution in [0.25, 0.3) is 0 Å². The van der Waals surface area contributed by atoms with Gasteiger partial charge >= 0.3 is 17.9 Å². The van der Waals surface area contributed by atoms with Crippen molar-refractivity contribution in [1.82, 2.24) is 0 Å². The lowest BCUT2D eigenvalue weighted by molar-refractivity contribution is -0.167. The normalized spacial score (nSPS) is 13.0. The van der Waals surface area contributed by atoms with Crippen LogP contribution < -0.4 is 0 Å². The Morgan fingerprint density at radius 3 is 0.890 bits per heavy atom. The number of hydrogen-bond acceptors (Lipinski definition) is 6. The van der Waals surface area contributed by atoms with Gasteiger partial charge in [-0.05, 0) is 135 Å². The number of hydrogen-bond donors (Lipinski definition) is 0. The van der Waals surface area contributed by atoms with E-state index < -0.39 is 6.10 Å². The van der Waals surface area contributed by atoms with Crippen molar-refractivity contribution in [2.45, 2.75) is 271 Å². The molecule has 0 fully saturated rings. The third kappa shape index (κ3) is 58.6. The molecule has 0 aromatic heterocycles. The summed E-state index contributed by atoms with van der Waals surface area (Å²) >= 11 is 0. The molecule has 6 nitrogen and oxygen atoms in total. The van der Waals surface area contributed by atoms with Crippen molar-refractivity contribution in [3.63, 3.8) is 0 Å². The van der Waals surface area contributed by atoms with Gasteiger partial charge in [0.05, 0.1) is 0 Å². The van der Waals surface area contributed by atoms with Gasteiger partial charge in [-0.1, -0.05) is 232 Å². The molecule has 0 rings (SSSR count). The minimum atomic E-state index is -0.815. The fourth-order valence-electron chi connectivity index (χ4n) is 7.92. The lowest BCUT2D eigenvalue weighted by Crippen LogP contribution is -2.30. The molecule has 414 valence electrons. The van der Waals surface area contributed by atoms with E-state index in [0.717, 1.165) is 122 Å². The van der Waals surface area contributed by atoms with Gasteiger partial charge in [0.2, 0.25) is 0 Å². The Morgan fingerprint density at radius 2 is 0.534 bits per heavy atom. The molecule has 0 aromatic rings. The average molecular weight is 1010 g/mol. The second-order valence-corrected chi connectivity index (χ2v) is 19.5. The number of rotatable bonds is 53. The molecule has 6 heteroatoms. The van der Waals surface area contributed by atoms with Crippen LogP contribution in [0.4, 0.5) is 0 Å². The Balaban J connectivity index is 4.53. The number of unbranched alkanes of at least 4 members (excludes halogenated alkanes) is 22. The molecule has 0 bridgehead atoms. The predicted octanol–water partition coefficient (Wildman–Crippen LogP) is 20.4. The van der Waals surface area contributed by atoms with E-state index in [4.69, 9.17) is 14.2 Å². The van der Waals surface area contributed by atoms with E-state index in [1.54, 1.807) is 0 Å². The molecule has 0 aliphatic rings. The predicted molar refractivity (Wildman–Crippen MR) is 316 cm³/mol. The van der Waals surface area contributed by atoms with Crippen molar-refractivity contribution in [2.75, 3.05) is 13.2 Å². The first kappa shape index (κ1) is 68.8. The van der Waals surface area contributed by atoms with Crippen LogP contribution in [0.5, 0.6) is 0 Å². The van der Waals surface area contributed by atoms with Crippen molar-refractivity contribution in [2.24, 2.45) is 0 Å². The number of allylic oxidation sites excluding steroid dienone is 20. The topological polar surface area (TPSA) is 78.9 Å². The Bertz CT molecular complexity index is 1540. The minimum absolute atomic E-state index is 0.107. The SMILES string of the molecule is CC/C=C\C/C=C\C/C=C\C/C=C\C/C=C\CCCCCC(=O)OC[C@@H](COC(=O)CCCCCCCCC/C=C\CCCCCCCC)OC(=O)CCCCC/C=C\C/C=C\C/C=C\C/C=C\CCCCC. The summed E-state index contributed by atoms with van der Waals surface area (Å²) in [6, 6.07) is 0. The Hall–Kier alpha value is -4.19. The second-order valence-electron chi connectivity index (χ2n) is 19.5. The molecule has 0 radical (unpaired) electrons. The summed E-state index contributed by atoms with van der Waals surface area (Å²) in [6.45, 7) is 6.44. The van der Waals surface area contributed by atoms with Crippen LogP contribution in [0.1, 0.15) is 265 Å². The minimum Gasteiger partial charge on any atom is -0.462 e. The Morgan fingerprint density at radius 1 is 0.288 bits per heavy atom. The molecule has 0 aromatic carbocycles. The third-order valence-corrected chi connectivity index (χ3v) is 12.4. The maximum atomic E-state index is 12.9. The quantitative estimate of drug-likeness (QED) is 0.0261. The zero-order valence-electron chi connectivity index (χ0n) is 47.4. The highest BCUT2D eigenvalue weighted by Crippen LogP contribution is 2.14. The lowest BCUT2D eigenvalue weighted by Gasteiger charge is -2.18. The molecule has 0 spiro atoms. The zero-order valence-corrected chi connectivity index (χ0v) is 47.4. The molecule has 1 atom stereocenters. The summed E-state index contributed by atoms with van der Waals surface area (Å²) in [4.78, 5) is 38.2. The first-order valence-corrected chi connectivity index (χ1v) is 30.0. The Labute approximate surface area is 450 Å². The smallest absolute Gasteiger partial charge is 0.306 e. The van der Waals surface area contributed by atoms with Crippen LogP contribution in [0.15, 0.2) is 122 Å². The fourth-order valence-corrected chi connectivity index (χ4v) is 7.92. The van der Waals surface area contributed by atoms with Crippen molar-refractivity contribution < 1.29 is 28.6 Å². The van der Waals surface area contributed by atoms with Gasteiger partial charge in [-0.2, -0.15) is 0 Å². The van der Waals surface area contributed by atoms with E-state index in [1.165, 1.54) is 103 Å². The van der Waals surface area contributed by atoms with Crippen molar-refractivity contribution >= 4 is 17.9 Å². The number of ether oxygens (including phenoxy) is 3. The summed E-state index contributed by atoms with van der Waals surface area (Å²) in [5, 5.41) is 0. The van der Waals surface area contributed by atoms with E-state index >= 15 is 0 Å². The van der Waals surface area contributed by atoms with Gasteiger partial charge in [0.1, 0.15) is 13.2 Å². The molecule has 0 saturated heterocycles. The largest absolute Gasteiger partial charge is 0.462 e. The molecule has 0 aliphatic carbocycles. The highest BCUT2D eigenvalue weighted by atomic mass is 16.6. The highest BCUT2D eigenvalue weighted by molar-refractivity contribution is 5.71. The van der Waals surface area contributed by atoms with Gasteiger partial charge < -0.3 is 14.2 Å². The van der Waals surface area contributed by atoms with E-state index in [9.17, 15) is 14.4 Å². The molecule has 0 amide bonds. The number of esters is 3. The van der Waals surface area contributed by atoms with Crippen LogP contribution in [-0.4, -0.2) is 37.2 Å². The van der Waals surface area contributed by atoms with Crippen LogP contribution in [0.2, 0.25) is 0 Å². The molecule has 0 aliphatic heterocycles. The summed E-state index contributed by atoms with van der Waals surface area (Å²) in [5.41, 5.74) is 0. The van der Waals surface area contributed by atoms with Crippen LogP contribution in [0.3, 0.4) is 0 Å². The monoisotopic (exact) mass is 1010 g/mol. The van der Waals surface area contributed by atoms with Crippen molar-refractivity contribution in [3.8, 4) is 0 Å². The molecule has 0 saturated carbocycles. The summed E-state index contributed by atoms with van der Waals surface area (Å²) in [7, 11) is 0. The molecule has 0 unspecified atom stereocenters. The van der Waals surface area contributed by atoms with Gasteiger partial charge in [-0.15, -0.1) is 0 Å². The molecular formula is C67H110O6. The number of carbonyl (C=O) groups excluding carboxylic acids is 3. The highest BCUT2D eigenvalue weighted by Gasteiger charge is 2.19. The van der Waals surface area contributed by atoms with E-state index in [1.807, 2.05) is 0 Å². The van der Waals surface area contributed by atoms with Crippen LogP contribution in [-0.2, 0) is 28.6 Å². The van der Waals surface area contributed by atoms with E-state index in [-0.39, 0.29) is 37.5 Å². The van der Waals surface area contributed by atoms with Crippen molar-refractivity contribution in [3.05, 3.63) is 122 Å². The zero-order chi connectivity index (χ0) is 52.9.